The van der Waals surface area contributed by atoms with E-state index in [4.69, 9.17) is 9.47 Å². The molecule has 1 heterocycles. The van der Waals surface area contributed by atoms with Gasteiger partial charge in [0.2, 0.25) is 0 Å². The quantitative estimate of drug-likeness (QED) is 0.851. The Balaban J connectivity index is 1.89. The third-order valence-electron chi connectivity index (χ3n) is 3.38. The molecule has 0 radical (unpaired) electrons. The van der Waals surface area contributed by atoms with Gasteiger partial charge in [-0.2, -0.15) is 0 Å². The predicted octanol–water partition coefficient (Wildman–Crippen LogP) is 2.33. The maximum atomic E-state index is 12.6. The van der Waals surface area contributed by atoms with Crippen LogP contribution in [0.2, 0.25) is 0 Å². The highest BCUT2D eigenvalue weighted by Gasteiger charge is 2.36. The van der Waals surface area contributed by atoms with Gasteiger partial charge in [0.25, 0.3) is 12.3 Å². The molecule has 0 unspecified atom stereocenters. The van der Waals surface area contributed by atoms with E-state index in [1.54, 1.807) is 18.2 Å². The summed E-state index contributed by atoms with van der Waals surface area (Å²) in [6.45, 7) is 0.248. The zero-order chi connectivity index (χ0) is 14.1. The summed E-state index contributed by atoms with van der Waals surface area (Å²) < 4.78 is 36.2. The fourth-order valence-electron chi connectivity index (χ4n) is 2.33. The second-order valence-electron chi connectivity index (χ2n) is 4.91. The average molecular weight is 283 g/mol. The minimum absolute atomic E-state index is 0.0723. The van der Waals surface area contributed by atoms with E-state index in [0.29, 0.717) is 30.3 Å². The third-order valence-corrected chi connectivity index (χ3v) is 3.38. The molecule has 20 heavy (non-hydrogen) atoms. The van der Waals surface area contributed by atoms with E-state index in [2.05, 4.69) is 0 Å². The van der Waals surface area contributed by atoms with Crippen LogP contribution in [0, 0.1) is 0 Å². The van der Waals surface area contributed by atoms with Gasteiger partial charge in [0.1, 0.15) is 13.2 Å². The number of ether oxygens (including phenoxy) is 2. The van der Waals surface area contributed by atoms with Crippen LogP contribution in [0.4, 0.5) is 8.78 Å². The number of carbonyl (C=O) groups excluding carboxylic acids is 1. The Hall–Kier alpha value is -1.85. The molecule has 1 aromatic carbocycles. The Kier molecular flexibility index (Phi) is 3.46. The summed E-state index contributed by atoms with van der Waals surface area (Å²) in [6.07, 6.45) is -0.966. The summed E-state index contributed by atoms with van der Waals surface area (Å²) in [4.78, 5) is 13.7. The summed E-state index contributed by atoms with van der Waals surface area (Å²) >= 11 is 0. The van der Waals surface area contributed by atoms with Crippen LogP contribution in [-0.4, -0.2) is 43.0 Å². The summed E-state index contributed by atoms with van der Waals surface area (Å²) in [5.41, 5.74) is 0.301. The van der Waals surface area contributed by atoms with Crippen molar-refractivity contribution in [3.63, 3.8) is 0 Å². The van der Waals surface area contributed by atoms with Crippen LogP contribution in [-0.2, 0) is 0 Å². The van der Waals surface area contributed by atoms with Gasteiger partial charge >= 0.3 is 0 Å². The maximum Gasteiger partial charge on any atom is 0.258 e. The van der Waals surface area contributed by atoms with Gasteiger partial charge in [-0.15, -0.1) is 0 Å². The van der Waals surface area contributed by atoms with Gasteiger partial charge in [-0.3, -0.25) is 4.79 Å². The molecule has 1 amide bonds. The minimum atomic E-state index is -2.53. The Morgan fingerprint density at radius 2 is 2.05 bits per heavy atom. The first kappa shape index (κ1) is 13.1. The van der Waals surface area contributed by atoms with Crippen molar-refractivity contribution in [1.82, 2.24) is 4.90 Å². The first-order valence-electron chi connectivity index (χ1n) is 6.64. The summed E-state index contributed by atoms with van der Waals surface area (Å²) in [7, 11) is 0. The molecule has 1 aromatic rings. The molecule has 0 bridgehead atoms. The molecule has 1 saturated carbocycles. The van der Waals surface area contributed by atoms with E-state index in [1.165, 1.54) is 4.90 Å². The first-order chi connectivity index (χ1) is 9.66. The number of alkyl halides is 2. The van der Waals surface area contributed by atoms with Gasteiger partial charge in [0, 0.05) is 6.04 Å². The molecule has 0 N–H and O–H groups in total. The number of hydrogen-bond donors (Lipinski definition) is 0. The molecule has 4 nitrogen and oxygen atoms in total. The van der Waals surface area contributed by atoms with Crippen molar-refractivity contribution in [2.75, 3.05) is 19.8 Å². The third kappa shape index (κ3) is 2.55. The van der Waals surface area contributed by atoms with E-state index in [0.717, 1.165) is 12.8 Å². The molecule has 0 aromatic heterocycles. The number of para-hydroxylation sites is 1. The van der Waals surface area contributed by atoms with Crippen molar-refractivity contribution in [1.29, 1.82) is 0 Å². The van der Waals surface area contributed by atoms with E-state index >= 15 is 0 Å². The van der Waals surface area contributed by atoms with Gasteiger partial charge in [-0.25, -0.2) is 8.78 Å². The van der Waals surface area contributed by atoms with E-state index in [1.807, 2.05) is 0 Å². The molecule has 1 aliphatic carbocycles. The molecule has 108 valence electrons. The molecule has 0 spiro atoms. The van der Waals surface area contributed by atoms with Crippen LogP contribution in [0.3, 0.4) is 0 Å². The number of amides is 1. The monoisotopic (exact) mass is 283 g/mol. The molecule has 1 fully saturated rings. The number of hydrogen-bond acceptors (Lipinski definition) is 3. The van der Waals surface area contributed by atoms with Crippen molar-refractivity contribution < 1.29 is 23.0 Å². The Morgan fingerprint density at radius 3 is 2.75 bits per heavy atom. The maximum absolute atomic E-state index is 12.6. The normalized spacial score (nSPS) is 17.1. The number of rotatable bonds is 4. The molecule has 3 rings (SSSR count). The average Bonchev–Trinajstić information content (AvgIpc) is 3.28. The smallest absolute Gasteiger partial charge is 0.258 e. The van der Waals surface area contributed by atoms with Gasteiger partial charge < -0.3 is 14.4 Å². The highest BCUT2D eigenvalue weighted by Crippen LogP contribution is 2.36. The molecule has 1 aliphatic heterocycles. The van der Waals surface area contributed by atoms with Crippen LogP contribution in [0.1, 0.15) is 23.2 Å². The summed E-state index contributed by atoms with van der Waals surface area (Å²) in [6, 6.07) is 4.90. The van der Waals surface area contributed by atoms with E-state index in [-0.39, 0.29) is 6.04 Å². The zero-order valence-corrected chi connectivity index (χ0v) is 10.9. The topological polar surface area (TPSA) is 38.8 Å². The van der Waals surface area contributed by atoms with Crippen LogP contribution < -0.4 is 9.47 Å². The van der Waals surface area contributed by atoms with Gasteiger partial charge in [-0.05, 0) is 25.0 Å². The summed E-state index contributed by atoms with van der Waals surface area (Å²) in [5.74, 6) is 0.453. The van der Waals surface area contributed by atoms with Gasteiger partial charge in [0.15, 0.2) is 11.5 Å². The van der Waals surface area contributed by atoms with Crippen LogP contribution in [0.15, 0.2) is 18.2 Å². The van der Waals surface area contributed by atoms with Gasteiger partial charge in [0.05, 0.1) is 12.1 Å². The predicted molar refractivity (Wildman–Crippen MR) is 67.5 cm³/mol. The minimum Gasteiger partial charge on any atom is -0.486 e. The summed E-state index contributed by atoms with van der Waals surface area (Å²) in [5, 5.41) is 0. The molecular formula is C14H15F2NO3. The largest absolute Gasteiger partial charge is 0.486 e. The Morgan fingerprint density at radius 1 is 1.30 bits per heavy atom. The van der Waals surface area contributed by atoms with Crippen LogP contribution in [0.25, 0.3) is 0 Å². The van der Waals surface area contributed by atoms with Crippen molar-refractivity contribution in [2.24, 2.45) is 0 Å². The Bertz CT molecular complexity index is 517. The van der Waals surface area contributed by atoms with Crippen molar-refractivity contribution >= 4 is 5.91 Å². The molecular weight excluding hydrogens is 268 g/mol. The van der Waals surface area contributed by atoms with E-state index in [9.17, 15) is 13.6 Å². The lowest BCUT2D eigenvalue weighted by Crippen LogP contribution is -2.37. The fourth-order valence-corrected chi connectivity index (χ4v) is 2.33. The SMILES string of the molecule is O=C(c1cccc2c1OCCO2)N(CC(F)F)C1CC1. The molecule has 6 heteroatoms. The number of fused-ring (bicyclic) bond motifs is 1. The number of carbonyl (C=O) groups is 1. The molecule has 0 atom stereocenters. The standard InChI is InChI=1S/C14H15F2NO3/c15-12(16)8-17(9-4-5-9)14(18)10-2-1-3-11-13(10)20-7-6-19-11/h1-3,9,12H,4-8H2. The number of halogens is 2. The highest BCUT2D eigenvalue weighted by molar-refractivity contribution is 5.98. The lowest BCUT2D eigenvalue weighted by atomic mass is 10.1. The zero-order valence-electron chi connectivity index (χ0n) is 10.9. The van der Waals surface area contributed by atoms with Gasteiger partial charge in [-0.1, -0.05) is 6.07 Å². The lowest BCUT2D eigenvalue weighted by Gasteiger charge is -2.25. The van der Waals surface area contributed by atoms with Crippen LogP contribution in [0.5, 0.6) is 11.5 Å². The van der Waals surface area contributed by atoms with E-state index < -0.39 is 18.9 Å². The number of nitrogens with zero attached hydrogens (tertiary/aromatic N) is 1. The Labute approximate surface area is 115 Å². The first-order valence-corrected chi connectivity index (χ1v) is 6.64. The van der Waals surface area contributed by atoms with Crippen molar-refractivity contribution in [2.45, 2.75) is 25.3 Å². The van der Waals surface area contributed by atoms with Crippen LogP contribution >= 0.6 is 0 Å². The molecule has 0 saturated heterocycles. The second-order valence-corrected chi connectivity index (χ2v) is 4.91. The fraction of sp³-hybridized carbons (Fsp3) is 0.500. The number of benzene rings is 1. The second kappa shape index (κ2) is 5.26. The van der Waals surface area contributed by atoms with Crippen molar-refractivity contribution in [3.8, 4) is 11.5 Å². The highest BCUT2D eigenvalue weighted by atomic mass is 19.3. The lowest BCUT2D eigenvalue weighted by molar-refractivity contribution is 0.0527. The van der Waals surface area contributed by atoms with Crippen molar-refractivity contribution in [3.05, 3.63) is 23.8 Å². The molecule has 2 aliphatic rings.